The largest absolute Gasteiger partial charge is 0.399 e. The minimum atomic E-state index is 0.883. The van der Waals surface area contributed by atoms with Crippen molar-refractivity contribution in [3.05, 3.63) is 18.6 Å². The molecule has 0 heterocycles. The first-order valence-corrected chi connectivity index (χ1v) is 4.47. The molecule has 0 spiro atoms. The summed E-state index contributed by atoms with van der Waals surface area (Å²) in [5, 5.41) is 3.65. The molecule has 0 amide bonds. The molecule has 2 nitrogen and oxygen atoms in total. The Morgan fingerprint density at radius 2 is 2.33 bits per heavy atom. The zero-order valence-corrected chi connectivity index (χ0v) is 7.57. The molecule has 1 fully saturated rings. The van der Waals surface area contributed by atoms with E-state index in [1.54, 1.807) is 13.3 Å². The minimum Gasteiger partial charge on any atom is -0.399 e. The van der Waals surface area contributed by atoms with Crippen molar-refractivity contribution in [2.24, 2.45) is 11.1 Å². The molecule has 0 aliphatic heterocycles. The van der Waals surface area contributed by atoms with Gasteiger partial charge in [0, 0.05) is 6.21 Å². The summed E-state index contributed by atoms with van der Waals surface area (Å²) in [4.78, 5) is 4.54. The molecular formula is C10H16NO. The van der Waals surface area contributed by atoms with Crippen LogP contribution in [0, 0.1) is 12.3 Å². The van der Waals surface area contributed by atoms with Crippen molar-refractivity contribution in [2.45, 2.75) is 25.7 Å². The average Bonchev–Trinajstić information content (AvgIpc) is 2.87. The van der Waals surface area contributed by atoms with Gasteiger partial charge in [-0.05, 0) is 38.0 Å². The number of hydrogen-bond donors (Lipinski definition) is 0. The van der Waals surface area contributed by atoms with Crippen molar-refractivity contribution in [1.82, 2.24) is 0 Å². The van der Waals surface area contributed by atoms with Crippen LogP contribution in [0.3, 0.4) is 0 Å². The fraction of sp³-hybridized carbons (Fsp3) is 0.600. The van der Waals surface area contributed by atoms with Gasteiger partial charge in [-0.3, -0.25) is 0 Å². The lowest BCUT2D eigenvalue weighted by Crippen LogP contribution is -1.76. The number of allylic oxidation sites excluding steroid dienone is 2. The van der Waals surface area contributed by atoms with Crippen LogP contribution in [0.15, 0.2) is 17.3 Å². The first-order chi connectivity index (χ1) is 5.93. The van der Waals surface area contributed by atoms with E-state index in [0.29, 0.717) is 0 Å². The zero-order chi connectivity index (χ0) is 8.65. The first-order valence-electron chi connectivity index (χ1n) is 4.47. The topological polar surface area (TPSA) is 21.6 Å². The molecule has 0 saturated heterocycles. The third-order valence-electron chi connectivity index (χ3n) is 1.82. The lowest BCUT2D eigenvalue weighted by molar-refractivity contribution is 0.214. The smallest absolute Gasteiger partial charge is 0.106 e. The van der Waals surface area contributed by atoms with Gasteiger partial charge in [0.15, 0.2) is 0 Å². The summed E-state index contributed by atoms with van der Waals surface area (Å²) < 4.78 is 0. The Morgan fingerprint density at radius 1 is 1.50 bits per heavy atom. The van der Waals surface area contributed by atoms with E-state index < -0.39 is 0 Å². The van der Waals surface area contributed by atoms with E-state index in [9.17, 15) is 0 Å². The Hall–Kier alpha value is -0.790. The molecule has 12 heavy (non-hydrogen) atoms. The van der Waals surface area contributed by atoms with Crippen LogP contribution in [-0.4, -0.2) is 13.3 Å². The molecule has 1 aliphatic rings. The van der Waals surface area contributed by atoms with Gasteiger partial charge in [0.1, 0.15) is 7.11 Å². The fourth-order valence-corrected chi connectivity index (χ4v) is 0.976. The second-order valence-electron chi connectivity index (χ2n) is 2.99. The van der Waals surface area contributed by atoms with Gasteiger partial charge in [-0.15, -0.1) is 0 Å². The first kappa shape index (κ1) is 9.30. The third-order valence-corrected chi connectivity index (χ3v) is 1.82. The maximum Gasteiger partial charge on any atom is 0.106 e. The van der Waals surface area contributed by atoms with Crippen molar-refractivity contribution < 1.29 is 4.84 Å². The van der Waals surface area contributed by atoms with E-state index in [0.717, 1.165) is 18.8 Å². The Kier molecular flexibility index (Phi) is 4.50. The number of oxime groups is 1. The maximum absolute atomic E-state index is 4.54. The fourth-order valence-electron chi connectivity index (χ4n) is 0.976. The molecule has 1 radical (unpaired) electrons. The van der Waals surface area contributed by atoms with Gasteiger partial charge in [0.2, 0.25) is 0 Å². The summed E-state index contributed by atoms with van der Waals surface area (Å²) in [5.41, 5.74) is 0. The second-order valence-corrected chi connectivity index (χ2v) is 2.99. The van der Waals surface area contributed by atoms with E-state index in [1.807, 2.05) is 0 Å². The van der Waals surface area contributed by atoms with E-state index >= 15 is 0 Å². The van der Waals surface area contributed by atoms with E-state index in [4.69, 9.17) is 0 Å². The molecular weight excluding hydrogens is 150 g/mol. The molecule has 1 rings (SSSR count). The summed E-state index contributed by atoms with van der Waals surface area (Å²) in [6.45, 7) is 0. The van der Waals surface area contributed by atoms with Crippen LogP contribution in [0.25, 0.3) is 0 Å². The van der Waals surface area contributed by atoms with Crippen LogP contribution in [0.5, 0.6) is 0 Å². The maximum atomic E-state index is 4.54. The molecule has 0 aromatic heterocycles. The van der Waals surface area contributed by atoms with E-state index in [-0.39, 0.29) is 0 Å². The molecule has 1 unspecified atom stereocenters. The van der Waals surface area contributed by atoms with Gasteiger partial charge >= 0.3 is 0 Å². The van der Waals surface area contributed by atoms with Gasteiger partial charge in [-0.25, -0.2) is 0 Å². The SMILES string of the molecule is CON=CCCC=CCC1[CH]C1. The highest BCUT2D eigenvalue weighted by Gasteiger charge is 2.19. The second kappa shape index (κ2) is 5.81. The van der Waals surface area contributed by atoms with Crippen molar-refractivity contribution in [1.29, 1.82) is 0 Å². The Balaban J connectivity index is 1.86. The third kappa shape index (κ3) is 4.94. The molecule has 2 heteroatoms. The molecule has 1 atom stereocenters. The Bertz CT molecular complexity index is 159. The van der Waals surface area contributed by atoms with Crippen LogP contribution in [0.2, 0.25) is 0 Å². The van der Waals surface area contributed by atoms with Gasteiger partial charge < -0.3 is 4.84 Å². The summed E-state index contributed by atoms with van der Waals surface area (Å²) in [5.74, 6) is 0.883. The Labute approximate surface area is 74.3 Å². The lowest BCUT2D eigenvalue weighted by atomic mass is 10.2. The number of rotatable bonds is 6. The average molecular weight is 166 g/mol. The summed E-state index contributed by atoms with van der Waals surface area (Å²) in [7, 11) is 1.56. The molecule has 1 saturated carbocycles. The minimum absolute atomic E-state index is 0.883. The van der Waals surface area contributed by atoms with Crippen LogP contribution in [-0.2, 0) is 4.84 Å². The van der Waals surface area contributed by atoms with Crippen LogP contribution in [0.4, 0.5) is 0 Å². The quantitative estimate of drug-likeness (QED) is 0.257. The Morgan fingerprint density at radius 3 is 3.00 bits per heavy atom. The normalized spacial score (nSPS) is 17.8. The van der Waals surface area contributed by atoms with Crippen molar-refractivity contribution in [3.63, 3.8) is 0 Å². The standard InChI is InChI=1S/C10H16NO/c1-12-11-9-5-3-2-4-6-10-7-8-10/h2,4,7,9-10H,3,5-6,8H2,1H3. The molecule has 0 bridgehead atoms. The summed E-state index contributed by atoms with van der Waals surface area (Å²) in [6.07, 6.45) is 13.2. The monoisotopic (exact) mass is 166 g/mol. The number of hydrogen-bond acceptors (Lipinski definition) is 2. The molecule has 0 aromatic carbocycles. The van der Waals surface area contributed by atoms with Gasteiger partial charge in [-0.1, -0.05) is 17.3 Å². The molecule has 0 aromatic rings. The van der Waals surface area contributed by atoms with Crippen LogP contribution < -0.4 is 0 Å². The van der Waals surface area contributed by atoms with Crippen molar-refractivity contribution in [3.8, 4) is 0 Å². The highest BCUT2D eigenvalue weighted by atomic mass is 16.6. The highest BCUT2D eigenvalue weighted by molar-refractivity contribution is 5.56. The predicted molar refractivity (Wildman–Crippen MR) is 50.9 cm³/mol. The summed E-state index contributed by atoms with van der Waals surface area (Å²) in [6, 6.07) is 0. The van der Waals surface area contributed by atoms with Crippen molar-refractivity contribution in [2.75, 3.05) is 7.11 Å². The highest BCUT2D eigenvalue weighted by Crippen LogP contribution is 2.31. The molecule has 1 aliphatic carbocycles. The van der Waals surface area contributed by atoms with Crippen molar-refractivity contribution >= 4 is 6.21 Å². The van der Waals surface area contributed by atoms with Gasteiger partial charge in [0.05, 0.1) is 0 Å². The number of unbranched alkanes of at least 4 members (excludes halogenated alkanes) is 1. The van der Waals surface area contributed by atoms with Crippen LogP contribution in [0.1, 0.15) is 25.7 Å². The molecule has 0 N–H and O–H groups in total. The van der Waals surface area contributed by atoms with E-state index in [2.05, 4.69) is 28.6 Å². The number of nitrogens with zero attached hydrogens (tertiary/aromatic N) is 1. The van der Waals surface area contributed by atoms with E-state index in [1.165, 1.54) is 12.8 Å². The van der Waals surface area contributed by atoms with Crippen LogP contribution >= 0.6 is 0 Å². The van der Waals surface area contributed by atoms with Gasteiger partial charge in [0.25, 0.3) is 0 Å². The zero-order valence-electron chi connectivity index (χ0n) is 7.57. The predicted octanol–water partition coefficient (Wildman–Crippen LogP) is 2.57. The lowest BCUT2D eigenvalue weighted by Gasteiger charge is -1.87. The van der Waals surface area contributed by atoms with Gasteiger partial charge in [-0.2, -0.15) is 0 Å². The summed E-state index contributed by atoms with van der Waals surface area (Å²) >= 11 is 0. The molecule has 67 valence electrons.